The van der Waals surface area contributed by atoms with Crippen molar-refractivity contribution in [1.29, 1.82) is 0 Å². The molecule has 73 heavy (non-hydrogen) atoms. The third-order valence-corrected chi connectivity index (χ3v) is 15.3. The fourth-order valence-corrected chi connectivity index (χ4v) is 11.3. The van der Waals surface area contributed by atoms with Crippen LogP contribution in [-0.2, 0) is 6.42 Å². The van der Waals surface area contributed by atoms with Crippen LogP contribution >= 0.6 is 0 Å². The molecule has 0 radical (unpaired) electrons. The van der Waals surface area contributed by atoms with E-state index in [1.165, 1.54) is 116 Å². The van der Waals surface area contributed by atoms with E-state index in [0.29, 0.717) is 11.8 Å². The molecule has 0 saturated carbocycles. The Labute approximate surface area is 433 Å². The van der Waals surface area contributed by atoms with Crippen LogP contribution in [-0.4, -0.2) is 4.57 Å². The molecule has 0 saturated heterocycles. The van der Waals surface area contributed by atoms with Gasteiger partial charge in [0.25, 0.3) is 0 Å². The van der Waals surface area contributed by atoms with Gasteiger partial charge in [0.05, 0.1) is 5.52 Å². The average molecular weight is 947 g/mol. The van der Waals surface area contributed by atoms with E-state index in [9.17, 15) is 0 Å². The first-order valence-corrected chi connectivity index (χ1v) is 26.0. The molecule has 11 aromatic rings. The van der Waals surface area contributed by atoms with E-state index in [4.69, 9.17) is 0 Å². The van der Waals surface area contributed by atoms with Gasteiger partial charge in [0.1, 0.15) is 0 Å². The molecular formula is C71H66N2. The quantitative estimate of drug-likeness (QED) is 0.0875. The maximum Gasteiger partial charge on any atom is 0.0534 e. The van der Waals surface area contributed by atoms with Crippen LogP contribution in [0.5, 0.6) is 0 Å². The van der Waals surface area contributed by atoms with Crippen LogP contribution in [0.25, 0.3) is 82.3 Å². The first kappa shape index (κ1) is 48.4. The molecule has 2 heteroatoms. The molecule has 0 aliphatic heterocycles. The number of fused-ring (bicyclic) bond motifs is 4. The van der Waals surface area contributed by atoms with Gasteiger partial charge in [-0.1, -0.05) is 172 Å². The molecule has 0 amide bonds. The molecule has 0 aliphatic carbocycles. The summed E-state index contributed by atoms with van der Waals surface area (Å²) in [5.74, 6) is 0.926. The number of aryl methyl sites for hydroxylation is 3. The van der Waals surface area contributed by atoms with Gasteiger partial charge < -0.3 is 9.47 Å². The van der Waals surface area contributed by atoms with Gasteiger partial charge in [0.2, 0.25) is 0 Å². The molecule has 2 atom stereocenters. The Morgan fingerprint density at radius 3 is 1.73 bits per heavy atom. The minimum absolute atomic E-state index is 0.385. The van der Waals surface area contributed by atoms with Crippen molar-refractivity contribution in [2.45, 2.75) is 61.3 Å². The van der Waals surface area contributed by atoms with Crippen molar-refractivity contribution < 1.29 is 0 Å². The summed E-state index contributed by atoms with van der Waals surface area (Å²) in [6, 6.07) is 74.1. The molecule has 1 aromatic heterocycles. The Morgan fingerprint density at radius 2 is 1.10 bits per heavy atom. The summed E-state index contributed by atoms with van der Waals surface area (Å²) < 4.78 is 2.51. The maximum atomic E-state index is 4.32. The average Bonchev–Trinajstić information content (AvgIpc) is 3.69. The molecule has 0 fully saturated rings. The molecule has 2 nitrogen and oxygen atoms in total. The fourth-order valence-electron chi connectivity index (χ4n) is 11.3. The van der Waals surface area contributed by atoms with Crippen molar-refractivity contribution in [3.8, 4) is 39.1 Å². The smallest absolute Gasteiger partial charge is 0.0534 e. The minimum atomic E-state index is 0.385. The summed E-state index contributed by atoms with van der Waals surface area (Å²) >= 11 is 0. The largest absolute Gasteiger partial charge is 0.313 e. The third kappa shape index (κ3) is 9.08. The van der Waals surface area contributed by atoms with Gasteiger partial charge in [-0.25, -0.2) is 0 Å². The van der Waals surface area contributed by atoms with Crippen molar-refractivity contribution >= 4 is 60.3 Å². The van der Waals surface area contributed by atoms with Crippen molar-refractivity contribution in [3.05, 3.63) is 253 Å². The molecule has 10 aromatic carbocycles. The number of aromatic nitrogens is 1. The van der Waals surface area contributed by atoms with Gasteiger partial charge >= 0.3 is 0 Å². The van der Waals surface area contributed by atoms with Crippen LogP contribution < -0.4 is 4.90 Å². The summed E-state index contributed by atoms with van der Waals surface area (Å²) in [6.45, 7) is 23.4. The summed E-state index contributed by atoms with van der Waals surface area (Å²) in [4.78, 5) is 2.45. The molecular weight excluding hydrogens is 881 g/mol. The predicted octanol–water partition coefficient (Wildman–Crippen LogP) is 20.4. The van der Waals surface area contributed by atoms with Gasteiger partial charge in [-0.05, 0) is 201 Å². The minimum Gasteiger partial charge on any atom is -0.313 e. The topological polar surface area (TPSA) is 8.17 Å². The second kappa shape index (κ2) is 20.9. The van der Waals surface area contributed by atoms with E-state index in [1.807, 2.05) is 6.92 Å². The number of nitrogens with zero attached hydrogens (tertiary/aromatic N) is 2. The second-order valence-electron chi connectivity index (χ2n) is 19.9. The lowest BCUT2D eigenvalue weighted by Crippen LogP contribution is -2.13. The van der Waals surface area contributed by atoms with Crippen molar-refractivity contribution in [2.24, 2.45) is 11.8 Å². The Hall–Kier alpha value is -8.20. The Kier molecular flexibility index (Phi) is 13.8. The van der Waals surface area contributed by atoms with Crippen LogP contribution in [0, 0.1) is 39.5 Å². The van der Waals surface area contributed by atoms with E-state index in [0.717, 1.165) is 24.2 Å². The van der Waals surface area contributed by atoms with Crippen LogP contribution in [0.15, 0.2) is 226 Å². The highest BCUT2D eigenvalue weighted by Crippen LogP contribution is 2.47. The van der Waals surface area contributed by atoms with Crippen LogP contribution in [0.4, 0.5) is 17.1 Å². The zero-order chi connectivity index (χ0) is 50.8. The molecule has 0 bridgehead atoms. The predicted molar refractivity (Wildman–Crippen MR) is 318 cm³/mol. The number of hydrogen-bond donors (Lipinski definition) is 0. The Balaban J connectivity index is 0.00000199. The second-order valence-corrected chi connectivity index (χ2v) is 19.9. The Morgan fingerprint density at radius 1 is 0.507 bits per heavy atom. The number of allylic oxidation sites excluding steroid dienone is 2. The Bertz CT molecular complexity index is 3760. The van der Waals surface area contributed by atoms with E-state index in [-0.39, 0.29) is 0 Å². The number of anilines is 3. The van der Waals surface area contributed by atoms with Crippen molar-refractivity contribution in [3.63, 3.8) is 0 Å². The van der Waals surface area contributed by atoms with E-state index in [1.54, 1.807) is 6.08 Å². The molecule has 360 valence electrons. The molecule has 2 unspecified atom stereocenters. The summed E-state index contributed by atoms with van der Waals surface area (Å²) in [5.41, 5.74) is 19.7. The molecule has 0 aliphatic rings. The monoisotopic (exact) mass is 947 g/mol. The first-order valence-electron chi connectivity index (χ1n) is 26.0. The third-order valence-electron chi connectivity index (χ3n) is 15.3. The van der Waals surface area contributed by atoms with Crippen LogP contribution in [0.1, 0.15) is 55.1 Å². The fraction of sp³-hybridized carbons (Fsp3) is 0.155. The molecule has 1 heterocycles. The molecule has 0 spiro atoms. The highest BCUT2D eigenvalue weighted by Gasteiger charge is 2.25. The first-order chi connectivity index (χ1) is 35.6. The zero-order valence-electron chi connectivity index (χ0n) is 43.6. The lowest BCUT2D eigenvalue weighted by molar-refractivity contribution is 0.415. The van der Waals surface area contributed by atoms with E-state index >= 15 is 0 Å². The maximum absolute atomic E-state index is 4.32. The van der Waals surface area contributed by atoms with Crippen molar-refractivity contribution in [1.82, 2.24) is 4.57 Å². The highest BCUT2D eigenvalue weighted by atomic mass is 15.1. The van der Waals surface area contributed by atoms with Crippen LogP contribution in [0.2, 0.25) is 0 Å². The number of para-hydroxylation sites is 1. The number of benzene rings is 10. The molecule has 0 N–H and O–H groups in total. The number of hydrogen-bond acceptors (Lipinski definition) is 1. The summed E-state index contributed by atoms with van der Waals surface area (Å²) in [6.07, 6.45) is 6.01. The van der Waals surface area contributed by atoms with E-state index < -0.39 is 0 Å². The summed E-state index contributed by atoms with van der Waals surface area (Å²) in [5, 5.41) is 8.87. The highest BCUT2D eigenvalue weighted by molar-refractivity contribution is 6.22. The van der Waals surface area contributed by atoms with Gasteiger partial charge in [-0.15, -0.1) is 13.2 Å². The molecule has 11 rings (SSSR count). The standard InChI is InChI=1S/C68H60N2.C3H6/c1-8-44(3)49(9-2)42-62-48(7)69(65-36-34-53(43-63(62)65)50-22-12-10-13-23-50)64-37-35-56(38-46(64)5)70(55-26-14-11-15-27-55)66-40-45(4)61(39-47(66)6)68-59-30-20-18-28-57(59)67(58-29-19-21-31-60(58)68)54-33-32-51-24-16-17-25-52(51)41-54;1-3-2/h9-41,43-44,49H,2,8,42H2,1,3-7H3;3H,1H2,2H3. The summed E-state index contributed by atoms with van der Waals surface area (Å²) in [7, 11) is 0. The normalized spacial score (nSPS) is 12.2. The van der Waals surface area contributed by atoms with Gasteiger partial charge in [-0.2, -0.15) is 0 Å². The van der Waals surface area contributed by atoms with Crippen LogP contribution in [0.3, 0.4) is 0 Å². The van der Waals surface area contributed by atoms with Gasteiger partial charge in [-0.3, -0.25) is 0 Å². The SMILES string of the molecule is C=CC.C=CC(Cc1c(C)n(-c2ccc(N(c3ccccc3)c3cc(C)c(-c4c5ccccc5c(-c5ccc6ccccc6c5)c5ccccc45)cc3C)cc2C)c2ccc(-c3ccccc3)cc12)C(C)CC. The van der Waals surface area contributed by atoms with Gasteiger partial charge in [0, 0.05) is 33.8 Å². The van der Waals surface area contributed by atoms with E-state index in [2.05, 4.69) is 270 Å². The lowest BCUT2D eigenvalue weighted by Gasteiger charge is -2.29. The number of rotatable bonds is 12. The van der Waals surface area contributed by atoms with Gasteiger partial charge in [0.15, 0.2) is 0 Å². The zero-order valence-corrected chi connectivity index (χ0v) is 43.6. The lowest BCUT2D eigenvalue weighted by atomic mass is 9.84. The van der Waals surface area contributed by atoms with Crippen molar-refractivity contribution in [2.75, 3.05) is 4.90 Å².